The van der Waals surface area contributed by atoms with Gasteiger partial charge in [0, 0.05) is 6.21 Å². The molecule has 0 rings (SSSR count). The highest BCUT2D eigenvalue weighted by atomic mass is 14.8. The molecule has 0 saturated carbocycles. The Balaban J connectivity index is 3.45. The normalized spacial score (nSPS) is 12.7. The van der Waals surface area contributed by atoms with Crippen molar-refractivity contribution in [2.24, 2.45) is 5.92 Å². The van der Waals surface area contributed by atoms with E-state index in [4.69, 9.17) is 5.41 Å². The predicted molar refractivity (Wildman–Crippen MR) is 193 cm³/mol. The maximum absolute atomic E-state index is 7.73. The molecular formula is C40H74N2. The largest absolute Gasteiger partial charge is 0.317 e. The van der Waals surface area contributed by atoms with Gasteiger partial charge in [0.15, 0.2) is 0 Å². The molecule has 1 unspecified atom stereocenters. The van der Waals surface area contributed by atoms with Gasteiger partial charge in [-0.3, -0.25) is 0 Å². The van der Waals surface area contributed by atoms with Gasteiger partial charge in [-0.2, -0.15) is 0 Å². The Kier molecular flexibility index (Phi) is 31.4. The average Bonchev–Trinajstić information content (AvgIpc) is 2.98. The second kappa shape index (κ2) is 32.5. The first-order valence-electron chi connectivity index (χ1n) is 18.4. The van der Waals surface area contributed by atoms with Gasteiger partial charge in [0.1, 0.15) is 0 Å². The van der Waals surface area contributed by atoms with Crippen molar-refractivity contribution in [3.05, 3.63) is 48.1 Å². The van der Waals surface area contributed by atoms with Gasteiger partial charge in [-0.1, -0.05) is 127 Å². The minimum atomic E-state index is 0.662. The lowest BCUT2D eigenvalue weighted by atomic mass is 9.92. The fraction of sp³-hybridized carbons (Fsp3) is 0.775. The molecule has 0 heterocycles. The van der Waals surface area contributed by atoms with Gasteiger partial charge in [-0.15, -0.1) is 6.58 Å². The van der Waals surface area contributed by atoms with E-state index < -0.39 is 0 Å². The number of hydrogen-bond donors (Lipinski definition) is 2. The fourth-order valence-corrected chi connectivity index (χ4v) is 5.56. The summed E-state index contributed by atoms with van der Waals surface area (Å²) in [5.74, 6) is 0.662. The van der Waals surface area contributed by atoms with Gasteiger partial charge in [-0.05, 0) is 115 Å². The number of allylic oxidation sites excluding steroid dienone is 6. The van der Waals surface area contributed by atoms with E-state index in [1.165, 1.54) is 165 Å². The molecule has 244 valence electrons. The first-order chi connectivity index (χ1) is 20.5. The average molecular weight is 583 g/mol. The summed E-state index contributed by atoms with van der Waals surface area (Å²) < 4.78 is 0. The van der Waals surface area contributed by atoms with Crippen molar-refractivity contribution < 1.29 is 0 Å². The van der Waals surface area contributed by atoms with Crippen LogP contribution in [0.2, 0.25) is 0 Å². The second-order valence-corrected chi connectivity index (χ2v) is 13.1. The summed E-state index contributed by atoms with van der Waals surface area (Å²) in [5, 5.41) is 11.4. The van der Waals surface area contributed by atoms with Crippen molar-refractivity contribution in [2.45, 2.75) is 181 Å². The summed E-state index contributed by atoms with van der Waals surface area (Å²) >= 11 is 0. The van der Waals surface area contributed by atoms with E-state index in [0.717, 1.165) is 25.7 Å². The van der Waals surface area contributed by atoms with Gasteiger partial charge in [-0.25, -0.2) is 0 Å². The summed E-state index contributed by atoms with van der Waals surface area (Å²) in [5.41, 5.74) is 3.96. The standard InChI is InChI=1S/C40H74N2/c1-6-7-30-38(4)39(5)31-25-26-33-40(36-41)32-24-20-16-14-12-10-8-9-11-13-15-17-21-27-34-42-35-28-22-18-19-23-29-37(2)3/h14,16,32,36,38,41-42H,2,5-13,15,17-31,33-35H2,1,3-4H3/b16-14+,40-32-,41-36?. The van der Waals surface area contributed by atoms with Crippen LogP contribution in [-0.2, 0) is 0 Å². The van der Waals surface area contributed by atoms with Gasteiger partial charge in [0.2, 0.25) is 0 Å². The topological polar surface area (TPSA) is 35.9 Å². The van der Waals surface area contributed by atoms with Crippen LogP contribution in [0.3, 0.4) is 0 Å². The predicted octanol–water partition coefficient (Wildman–Crippen LogP) is 13.2. The van der Waals surface area contributed by atoms with Crippen molar-refractivity contribution in [1.29, 1.82) is 5.41 Å². The zero-order valence-electron chi connectivity index (χ0n) is 28.9. The Morgan fingerprint density at radius 2 is 1.17 bits per heavy atom. The molecule has 0 saturated heterocycles. The highest BCUT2D eigenvalue weighted by Gasteiger charge is 2.06. The fourth-order valence-electron chi connectivity index (χ4n) is 5.56. The van der Waals surface area contributed by atoms with Crippen LogP contribution in [0.15, 0.2) is 48.1 Å². The second-order valence-electron chi connectivity index (χ2n) is 13.1. The van der Waals surface area contributed by atoms with Crippen LogP contribution in [0.1, 0.15) is 181 Å². The lowest BCUT2D eigenvalue weighted by Gasteiger charge is -2.14. The van der Waals surface area contributed by atoms with Gasteiger partial charge in [0.05, 0.1) is 0 Å². The van der Waals surface area contributed by atoms with Crippen LogP contribution in [0.25, 0.3) is 0 Å². The molecule has 2 heteroatoms. The number of hydrogen-bond acceptors (Lipinski definition) is 2. The maximum atomic E-state index is 7.73. The summed E-state index contributed by atoms with van der Waals surface area (Å²) in [7, 11) is 0. The van der Waals surface area contributed by atoms with Crippen molar-refractivity contribution in [2.75, 3.05) is 13.1 Å². The number of nitrogens with one attached hydrogen (secondary N) is 2. The van der Waals surface area contributed by atoms with Gasteiger partial charge >= 0.3 is 0 Å². The monoisotopic (exact) mass is 583 g/mol. The van der Waals surface area contributed by atoms with E-state index in [1.54, 1.807) is 6.21 Å². The highest BCUT2D eigenvalue weighted by Crippen LogP contribution is 2.22. The molecule has 2 nitrogen and oxygen atoms in total. The van der Waals surface area contributed by atoms with E-state index in [9.17, 15) is 0 Å². The molecule has 0 bridgehead atoms. The van der Waals surface area contributed by atoms with E-state index >= 15 is 0 Å². The third-order valence-corrected chi connectivity index (χ3v) is 8.67. The molecule has 0 aliphatic carbocycles. The van der Waals surface area contributed by atoms with Crippen LogP contribution in [0.5, 0.6) is 0 Å². The van der Waals surface area contributed by atoms with E-state index in [2.05, 4.69) is 57.5 Å². The Labute approximate surface area is 264 Å². The molecule has 0 aliphatic heterocycles. The van der Waals surface area contributed by atoms with Crippen LogP contribution in [0.4, 0.5) is 0 Å². The minimum Gasteiger partial charge on any atom is -0.317 e. The number of rotatable bonds is 33. The summed E-state index contributed by atoms with van der Waals surface area (Å²) in [6.07, 6.45) is 40.9. The zero-order valence-corrected chi connectivity index (χ0v) is 28.9. The SMILES string of the molecule is C=C(C)CCCCCCCNCCCCCCCCCCC/C=C/CC/C=C(\C=N)CCCCC(=C)C(C)CCCC. The quantitative estimate of drug-likeness (QED) is 0.0450. The molecule has 1 atom stereocenters. The lowest BCUT2D eigenvalue weighted by molar-refractivity contribution is 0.533. The molecule has 0 radical (unpaired) electrons. The third-order valence-electron chi connectivity index (χ3n) is 8.67. The Morgan fingerprint density at radius 3 is 1.76 bits per heavy atom. The smallest absolute Gasteiger partial charge is 0.0206 e. The Bertz CT molecular complexity index is 686. The molecule has 42 heavy (non-hydrogen) atoms. The molecule has 0 aromatic carbocycles. The van der Waals surface area contributed by atoms with Crippen molar-refractivity contribution in [3.8, 4) is 0 Å². The van der Waals surface area contributed by atoms with E-state index in [1.807, 2.05) is 0 Å². The number of unbranched alkanes of at least 4 members (excludes halogenated alkanes) is 16. The molecular weight excluding hydrogens is 508 g/mol. The highest BCUT2D eigenvalue weighted by molar-refractivity contribution is 5.75. The Morgan fingerprint density at radius 1 is 0.643 bits per heavy atom. The van der Waals surface area contributed by atoms with Crippen LogP contribution >= 0.6 is 0 Å². The lowest BCUT2D eigenvalue weighted by Crippen LogP contribution is -2.16. The first kappa shape index (κ1) is 40.6. The van der Waals surface area contributed by atoms with Crippen molar-refractivity contribution >= 4 is 6.21 Å². The van der Waals surface area contributed by atoms with Crippen LogP contribution < -0.4 is 5.32 Å². The van der Waals surface area contributed by atoms with Crippen LogP contribution in [0, 0.1) is 11.3 Å². The zero-order chi connectivity index (χ0) is 30.9. The first-order valence-corrected chi connectivity index (χ1v) is 18.4. The minimum absolute atomic E-state index is 0.662. The van der Waals surface area contributed by atoms with Gasteiger partial charge in [0.25, 0.3) is 0 Å². The summed E-state index contributed by atoms with van der Waals surface area (Å²) in [4.78, 5) is 0. The van der Waals surface area contributed by atoms with Crippen molar-refractivity contribution in [3.63, 3.8) is 0 Å². The maximum Gasteiger partial charge on any atom is 0.0206 e. The molecule has 0 aliphatic rings. The molecule has 0 spiro atoms. The molecule has 0 aromatic rings. The molecule has 0 amide bonds. The van der Waals surface area contributed by atoms with E-state index in [0.29, 0.717) is 5.92 Å². The Hall–Kier alpha value is -1.41. The third kappa shape index (κ3) is 30.1. The summed E-state index contributed by atoms with van der Waals surface area (Å²) in [6, 6.07) is 0. The van der Waals surface area contributed by atoms with E-state index in [-0.39, 0.29) is 0 Å². The molecule has 2 N–H and O–H groups in total. The van der Waals surface area contributed by atoms with Crippen molar-refractivity contribution in [1.82, 2.24) is 5.32 Å². The molecule has 0 fully saturated rings. The van der Waals surface area contributed by atoms with Gasteiger partial charge < -0.3 is 10.7 Å². The summed E-state index contributed by atoms with van der Waals surface area (Å²) in [6.45, 7) is 17.4. The molecule has 0 aromatic heterocycles. The van der Waals surface area contributed by atoms with Crippen LogP contribution in [-0.4, -0.2) is 19.3 Å².